The number of aliphatic hydroxyl groups is 1. The predicted octanol–water partition coefficient (Wildman–Crippen LogP) is 2.87. The molecule has 0 saturated heterocycles. The zero-order chi connectivity index (χ0) is 10.6. The molecule has 3 atom stereocenters. The molecule has 1 rings (SSSR count). The molecule has 2 nitrogen and oxygen atoms in total. The van der Waals surface area contributed by atoms with E-state index in [2.05, 4.69) is 13.0 Å². The number of hydrogen-bond donors (Lipinski definition) is 1. The first kappa shape index (κ1) is 11.5. The lowest BCUT2D eigenvalue weighted by molar-refractivity contribution is -0.0139. The summed E-state index contributed by atoms with van der Waals surface area (Å²) < 4.78 is 0. The first-order valence-corrected chi connectivity index (χ1v) is 5.74. The van der Waals surface area contributed by atoms with Crippen molar-refractivity contribution in [1.82, 2.24) is 0 Å². The van der Waals surface area contributed by atoms with Crippen LogP contribution in [0.1, 0.15) is 52.4 Å². The Labute approximate surface area is 86.9 Å². The summed E-state index contributed by atoms with van der Waals surface area (Å²) in [6, 6.07) is 2.25. The second-order valence-corrected chi connectivity index (χ2v) is 4.73. The van der Waals surface area contributed by atoms with E-state index >= 15 is 0 Å². The monoisotopic (exact) mass is 195 g/mol. The minimum Gasteiger partial charge on any atom is -0.389 e. The fourth-order valence-corrected chi connectivity index (χ4v) is 2.46. The van der Waals surface area contributed by atoms with E-state index in [-0.39, 0.29) is 5.92 Å². The molecule has 0 aromatic carbocycles. The van der Waals surface area contributed by atoms with Gasteiger partial charge < -0.3 is 5.11 Å². The lowest BCUT2D eigenvalue weighted by Crippen LogP contribution is -2.36. The maximum Gasteiger partial charge on any atom is 0.0805 e. The summed E-state index contributed by atoms with van der Waals surface area (Å²) in [5, 5.41) is 19.4. The molecular weight excluding hydrogens is 174 g/mol. The highest BCUT2D eigenvalue weighted by Crippen LogP contribution is 2.36. The maximum atomic E-state index is 10.4. The molecule has 1 aliphatic carbocycles. The third-order valence-electron chi connectivity index (χ3n) is 3.59. The summed E-state index contributed by atoms with van der Waals surface area (Å²) in [5.74, 6) is 0.535. The highest BCUT2D eigenvalue weighted by Gasteiger charge is 2.36. The van der Waals surface area contributed by atoms with Gasteiger partial charge in [-0.3, -0.25) is 0 Å². The quantitative estimate of drug-likeness (QED) is 0.688. The van der Waals surface area contributed by atoms with Gasteiger partial charge >= 0.3 is 0 Å². The van der Waals surface area contributed by atoms with Gasteiger partial charge in [-0.15, -0.1) is 0 Å². The molecule has 1 fully saturated rings. The van der Waals surface area contributed by atoms with Crippen molar-refractivity contribution < 1.29 is 5.11 Å². The summed E-state index contributed by atoms with van der Waals surface area (Å²) in [7, 11) is 0. The highest BCUT2D eigenvalue weighted by molar-refractivity contribution is 4.99. The first-order chi connectivity index (χ1) is 6.62. The van der Waals surface area contributed by atoms with Gasteiger partial charge in [-0.05, 0) is 31.6 Å². The summed E-state index contributed by atoms with van der Waals surface area (Å²) in [6.07, 6.45) is 5.71. The van der Waals surface area contributed by atoms with Crippen LogP contribution in [0.5, 0.6) is 0 Å². The van der Waals surface area contributed by atoms with Crippen LogP contribution >= 0.6 is 0 Å². The Morgan fingerprint density at radius 3 is 2.79 bits per heavy atom. The Hall–Kier alpha value is -0.550. The summed E-state index contributed by atoms with van der Waals surface area (Å²) in [5.41, 5.74) is -0.700. The standard InChI is InChI=1S/C12H21NO/c1-3-11(9-13)12(14)7-4-5-10(2)6-8-12/h10-11,14H,3-8H2,1-2H3. The van der Waals surface area contributed by atoms with Crippen molar-refractivity contribution >= 4 is 0 Å². The first-order valence-electron chi connectivity index (χ1n) is 5.74. The Morgan fingerprint density at radius 2 is 2.21 bits per heavy atom. The van der Waals surface area contributed by atoms with E-state index in [9.17, 15) is 5.11 Å². The zero-order valence-electron chi connectivity index (χ0n) is 9.29. The lowest BCUT2D eigenvalue weighted by Gasteiger charge is -2.30. The Morgan fingerprint density at radius 1 is 1.50 bits per heavy atom. The van der Waals surface area contributed by atoms with Crippen molar-refractivity contribution in [2.45, 2.75) is 58.0 Å². The molecule has 0 aromatic rings. The Balaban J connectivity index is 2.67. The number of hydrogen-bond acceptors (Lipinski definition) is 2. The highest BCUT2D eigenvalue weighted by atomic mass is 16.3. The minimum absolute atomic E-state index is 0.173. The lowest BCUT2D eigenvalue weighted by atomic mass is 9.80. The van der Waals surface area contributed by atoms with Gasteiger partial charge in [0.05, 0.1) is 17.6 Å². The molecule has 1 aliphatic rings. The third kappa shape index (κ3) is 2.48. The van der Waals surface area contributed by atoms with Crippen molar-refractivity contribution in [2.24, 2.45) is 11.8 Å². The normalized spacial score (nSPS) is 35.7. The second kappa shape index (κ2) is 4.79. The van der Waals surface area contributed by atoms with Gasteiger partial charge in [-0.1, -0.05) is 26.7 Å². The van der Waals surface area contributed by atoms with E-state index in [0.717, 1.165) is 32.1 Å². The molecule has 0 aliphatic heterocycles. The Bertz CT molecular complexity index is 221. The van der Waals surface area contributed by atoms with E-state index in [1.807, 2.05) is 6.92 Å². The molecule has 0 spiro atoms. The van der Waals surface area contributed by atoms with Crippen LogP contribution in [0.2, 0.25) is 0 Å². The largest absolute Gasteiger partial charge is 0.389 e. The van der Waals surface area contributed by atoms with Crippen LogP contribution in [0, 0.1) is 23.2 Å². The van der Waals surface area contributed by atoms with Gasteiger partial charge in [-0.2, -0.15) is 5.26 Å². The number of nitrogens with zero attached hydrogens (tertiary/aromatic N) is 1. The topological polar surface area (TPSA) is 44.0 Å². The molecule has 3 unspecified atom stereocenters. The van der Waals surface area contributed by atoms with E-state index in [1.165, 1.54) is 6.42 Å². The second-order valence-electron chi connectivity index (χ2n) is 4.73. The number of rotatable bonds is 2. The molecule has 0 bridgehead atoms. The van der Waals surface area contributed by atoms with Gasteiger partial charge in [0.25, 0.3) is 0 Å². The SMILES string of the molecule is CCC(C#N)C1(O)CCCC(C)CC1. The van der Waals surface area contributed by atoms with Crippen LogP contribution < -0.4 is 0 Å². The smallest absolute Gasteiger partial charge is 0.0805 e. The van der Waals surface area contributed by atoms with Crippen molar-refractivity contribution in [3.63, 3.8) is 0 Å². The van der Waals surface area contributed by atoms with Crippen LogP contribution in [-0.2, 0) is 0 Å². The molecule has 1 N–H and O–H groups in total. The molecule has 14 heavy (non-hydrogen) atoms. The predicted molar refractivity (Wildman–Crippen MR) is 56.6 cm³/mol. The minimum atomic E-state index is -0.700. The maximum absolute atomic E-state index is 10.4. The van der Waals surface area contributed by atoms with E-state index < -0.39 is 5.60 Å². The fraction of sp³-hybridized carbons (Fsp3) is 0.917. The van der Waals surface area contributed by atoms with Crippen molar-refractivity contribution in [3.8, 4) is 6.07 Å². The molecule has 0 amide bonds. The molecular formula is C12H21NO. The molecule has 2 heteroatoms. The van der Waals surface area contributed by atoms with Crippen LogP contribution in [0.4, 0.5) is 0 Å². The van der Waals surface area contributed by atoms with Crippen molar-refractivity contribution in [1.29, 1.82) is 5.26 Å². The van der Waals surface area contributed by atoms with Gasteiger partial charge in [-0.25, -0.2) is 0 Å². The van der Waals surface area contributed by atoms with E-state index in [1.54, 1.807) is 0 Å². The van der Waals surface area contributed by atoms with Crippen LogP contribution in [-0.4, -0.2) is 10.7 Å². The fourth-order valence-electron chi connectivity index (χ4n) is 2.46. The van der Waals surface area contributed by atoms with Crippen LogP contribution in [0.15, 0.2) is 0 Å². The zero-order valence-corrected chi connectivity index (χ0v) is 9.29. The summed E-state index contributed by atoms with van der Waals surface area (Å²) >= 11 is 0. The molecule has 0 radical (unpaired) electrons. The summed E-state index contributed by atoms with van der Waals surface area (Å²) in [6.45, 7) is 4.22. The van der Waals surface area contributed by atoms with Crippen molar-refractivity contribution in [2.75, 3.05) is 0 Å². The van der Waals surface area contributed by atoms with Crippen LogP contribution in [0.3, 0.4) is 0 Å². The third-order valence-corrected chi connectivity index (χ3v) is 3.59. The van der Waals surface area contributed by atoms with Crippen molar-refractivity contribution in [3.05, 3.63) is 0 Å². The summed E-state index contributed by atoms with van der Waals surface area (Å²) in [4.78, 5) is 0. The number of nitriles is 1. The van der Waals surface area contributed by atoms with E-state index in [0.29, 0.717) is 5.92 Å². The van der Waals surface area contributed by atoms with Gasteiger partial charge in [0.2, 0.25) is 0 Å². The Kier molecular flexibility index (Phi) is 3.95. The van der Waals surface area contributed by atoms with Gasteiger partial charge in [0.1, 0.15) is 0 Å². The average Bonchev–Trinajstić information content (AvgIpc) is 2.32. The van der Waals surface area contributed by atoms with Crippen LogP contribution in [0.25, 0.3) is 0 Å². The average molecular weight is 195 g/mol. The molecule has 0 heterocycles. The molecule has 0 aromatic heterocycles. The van der Waals surface area contributed by atoms with Gasteiger partial charge in [0.15, 0.2) is 0 Å². The van der Waals surface area contributed by atoms with E-state index in [4.69, 9.17) is 5.26 Å². The van der Waals surface area contributed by atoms with Gasteiger partial charge in [0, 0.05) is 0 Å². The molecule has 80 valence electrons. The molecule has 1 saturated carbocycles.